The zero-order valence-electron chi connectivity index (χ0n) is 35.4. The molecular weight excluding hydrogens is 795 g/mol. The predicted octanol–water partition coefficient (Wildman–Crippen LogP) is 11.0. The number of rotatable bonds is 8. The molecule has 0 N–H and O–H groups in total. The highest BCUT2D eigenvalue weighted by Gasteiger charge is 2.43. The van der Waals surface area contributed by atoms with Crippen LogP contribution in [0.5, 0.6) is 0 Å². The Hall–Kier alpha value is -7.41. The van der Waals surface area contributed by atoms with Gasteiger partial charge in [0.2, 0.25) is 11.9 Å². The van der Waals surface area contributed by atoms with Crippen LogP contribution in [0.1, 0.15) is 37.2 Å². The van der Waals surface area contributed by atoms with Crippen molar-refractivity contribution in [3.8, 4) is 23.3 Å². The smallest absolute Gasteiger partial charge is 0.240 e. The summed E-state index contributed by atoms with van der Waals surface area (Å²) in [6.07, 6.45) is 5.24. The minimum Gasteiger partial charge on any atom is -0.278 e. The molecule has 2 aliphatic rings. The summed E-state index contributed by atoms with van der Waals surface area (Å²) in [5.74, 6) is 3.97. The number of hydrogen-bond donors (Lipinski definition) is 0. The van der Waals surface area contributed by atoms with Gasteiger partial charge in [0, 0.05) is 27.1 Å². The molecule has 0 radical (unpaired) electrons. The van der Waals surface area contributed by atoms with Crippen LogP contribution in [0.4, 0.5) is 0 Å². The Morgan fingerprint density at radius 2 is 0.859 bits per heavy atom. The molecule has 11 aromatic rings. The Labute approximate surface area is 373 Å². The average molecular weight is 840 g/mol. The Morgan fingerprint density at radius 1 is 0.391 bits per heavy atom. The van der Waals surface area contributed by atoms with Gasteiger partial charge in [-0.25, -0.2) is 0 Å². The van der Waals surface area contributed by atoms with E-state index < -0.39 is 8.07 Å². The van der Waals surface area contributed by atoms with Crippen molar-refractivity contribution in [1.82, 2.24) is 24.1 Å². The van der Waals surface area contributed by atoms with Gasteiger partial charge in [-0.05, 0) is 87.6 Å². The van der Waals surface area contributed by atoms with E-state index >= 15 is 0 Å². The second-order valence-electron chi connectivity index (χ2n) is 17.9. The lowest BCUT2D eigenvalue weighted by Crippen LogP contribution is -2.74. The summed E-state index contributed by atoms with van der Waals surface area (Å²) in [6.45, 7) is 0. The number of benzene rings is 8. The van der Waals surface area contributed by atoms with Crippen molar-refractivity contribution in [2.45, 2.75) is 31.6 Å². The first-order chi connectivity index (χ1) is 31.7. The lowest BCUT2D eigenvalue weighted by atomic mass is 9.81. The number of hydrogen-bond acceptors (Lipinski definition) is 3. The molecule has 0 amide bonds. The van der Waals surface area contributed by atoms with Gasteiger partial charge in [0.05, 0.1) is 22.1 Å². The molecule has 2 fully saturated rings. The predicted molar refractivity (Wildman–Crippen MR) is 266 cm³/mol. The molecule has 3 atom stereocenters. The van der Waals surface area contributed by atoms with Gasteiger partial charge >= 0.3 is 0 Å². The maximum absolute atomic E-state index is 5.62. The summed E-state index contributed by atoms with van der Waals surface area (Å²) in [4.78, 5) is 16.7. The molecule has 3 heterocycles. The minimum atomic E-state index is -2.87. The second-order valence-corrected chi connectivity index (χ2v) is 21.7. The lowest BCUT2D eigenvalue weighted by molar-refractivity contribution is 0.420. The largest absolute Gasteiger partial charge is 0.278 e. The number of aromatic nitrogens is 5. The van der Waals surface area contributed by atoms with Crippen LogP contribution in [0.15, 0.2) is 206 Å². The third-order valence-electron chi connectivity index (χ3n) is 14.7. The Balaban J connectivity index is 1.12. The fourth-order valence-electron chi connectivity index (χ4n) is 11.9. The molecule has 2 aliphatic carbocycles. The summed E-state index contributed by atoms with van der Waals surface area (Å²) in [6, 6.07) is 75.7. The molecule has 306 valence electrons. The molecule has 0 spiro atoms. The van der Waals surface area contributed by atoms with Gasteiger partial charge in [0.15, 0.2) is 13.9 Å². The maximum atomic E-state index is 5.62. The van der Waals surface area contributed by atoms with Gasteiger partial charge in [0.25, 0.3) is 0 Å². The van der Waals surface area contributed by atoms with Crippen molar-refractivity contribution < 1.29 is 0 Å². The molecular formula is C58H45N5Si. The van der Waals surface area contributed by atoms with Crippen molar-refractivity contribution in [2.24, 2.45) is 11.8 Å². The fourth-order valence-corrected chi connectivity index (χ4v) is 16.7. The van der Waals surface area contributed by atoms with Crippen LogP contribution in [0.25, 0.3) is 66.9 Å². The van der Waals surface area contributed by atoms with Crippen molar-refractivity contribution >= 4 is 72.4 Å². The quantitative estimate of drug-likeness (QED) is 0.113. The highest BCUT2D eigenvalue weighted by molar-refractivity contribution is 7.20. The summed E-state index contributed by atoms with van der Waals surface area (Å²) in [5.41, 5.74) is 6.76. The normalized spacial score (nSPS) is 17.3. The molecule has 13 rings (SSSR count). The molecule has 64 heavy (non-hydrogen) atoms. The van der Waals surface area contributed by atoms with Crippen molar-refractivity contribution in [3.05, 3.63) is 212 Å². The van der Waals surface area contributed by atoms with Crippen molar-refractivity contribution in [2.75, 3.05) is 0 Å². The van der Waals surface area contributed by atoms with Crippen molar-refractivity contribution in [1.29, 1.82) is 0 Å². The highest BCUT2D eigenvalue weighted by atomic mass is 28.3. The number of fused-ring (bicyclic) bond motifs is 8. The van der Waals surface area contributed by atoms with Crippen LogP contribution < -0.4 is 20.7 Å². The lowest BCUT2D eigenvalue weighted by Gasteiger charge is -2.34. The average Bonchev–Trinajstić information content (AvgIpc) is 4.16. The molecule has 3 unspecified atom stereocenters. The standard InChI is InChI=1S/C58H45N5Si/c1-4-18-41(19-5-1)64(42-20-6-2-7-21-42,43-22-8-3-9-23-43)44-34-35-49-48-27-14-17-31-54(48)63(55(49)38-44)58-60-56(50-28-11-10-24-45(50)51-37-39-32-33-40(51)36-39)59-57(61-58)62-52-29-15-12-25-46(52)47-26-13-16-30-53(47)62/h1-31,34-35,38-40,51H,32-33,36-37H2. The van der Waals surface area contributed by atoms with E-state index in [0.717, 1.165) is 33.5 Å². The Kier molecular flexibility index (Phi) is 8.63. The van der Waals surface area contributed by atoms with E-state index in [0.29, 0.717) is 29.6 Å². The van der Waals surface area contributed by atoms with E-state index in [9.17, 15) is 0 Å². The third kappa shape index (κ3) is 5.65. The first-order valence-corrected chi connectivity index (χ1v) is 24.8. The van der Waals surface area contributed by atoms with E-state index in [4.69, 9.17) is 15.0 Å². The van der Waals surface area contributed by atoms with Gasteiger partial charge in [0.1, 0.15) is 0 Å². The topological polar surface area (TPSA) is 48.5 Å². The van der Waals surface area contributed by atoms with Crippen molar-refractivity contribution in [3.63, 3.8) is 0 Å². The molecule has 5 nitrogen and oxygen atoms in total. The first kappa shape index (κ1) is 37.2. The van der Waals surface area contributed by atoms with Crippen LogP contribution in [0, 0.1) is 11.8 Å². The Bertz CT molecular complexity index is 3390. The van der Waals surface area contributed by atoms with Crippen LogP contribution in [-0.4, -0.2) is 32.2 Å². The van der Waals surface area contributed by atoms with E-state index in [2.05, 4.69) is 215 Å². The monoisotopic (exact) mass is 839 g/mol. The SMILES string of the molecule is c1ccc([Si](c2ccccc2)(c2ccccc2)c2ccc3c4ccccc4n(-c4nc(-c5ccccc5C5CC6CCC5C6)nc(-n5c6ccccc6c6ccccc65)n4)c3c2)cc1. The van der Waals surface area contributed by atoms with Crippen LogP contribution in [0.3, 0.4) is 0 Å². The van der Waals surface area contributed by atoms with Gasteiger partial charge < -0.3 is 0 Å². The maximum Gasteiger partial charge on any atom is 0.240 e. The minimum absolute atomic E-state index is 0.509. The zero-order valence-corrected chi connectivity index (χ0v) is 36.4. The zero-order chi connectivity index (χ0) is 42.2. The third-order valence-corrected chi connectivity index (χ3v) is 19.4. The van der Waals surface area contributed by atoms with E-state index in [1.807, 2.05) is 0 Å². The molecule has 3 aromatic heterocycles. The molecule has 0 aliphatic heterocycles. The molecule has 2 saturated carbocycles. The molecule has 2 bridgehead atoms. The number of para-hydroxylation sites is 3. The highest BCUT2D eigenvalue weighted by Crippen LogP contribution is 2.54. The summed E-state index contributed by atoms with van der Waals surface area (Å²) < 4.78 is 4.56. The van der Waals surface area contributed by atoms with Gasteiger partial charge in [-0.1, -0.05) is 188 Å². The van der Waals surface area contributed by atoms with Crippen LogP contribution in [-0.2, 0) is 0 Å². The molecule has 8 aromatic carbocycles. The van der Waals surface area contributed by atoms with Gasteiger partial charge in [-0.2, -0.15) is 15.0 Å². The summed E-state index contributed by atoms with van der Waals surface area (Å²) in [7, 11) is -2.87. The van der Waals surface area contributed by atoms with Crippen LogP contribution >= 0.6 is 0 Å². The van der Waals surface area contributed by atoms with E-state index in [-0.39, 0.29) is 0 Å². The van der Waals surface area contributed by atoms with Gasteiger partial charge in [-0.15, -0.1) is 0 Å². The molecule has 0 saturated heterocycles. The first-order valence-electron chi connectivity index (χ1n) is 22.8. The van der Waals surface area contributed by atoms with E-state index in [1.54, 1.807) is 0 Å². The number of nitrogens with zero attached hydrogens (tertiary/aromatic N) is 5. The molecule has 6 heteroatoms. The van der Waals surface area contributed by atoms with Crippen LogP contribution in [0.2, 0.25) is 0 Å². The van der Waals surface area contributed by atoms with E-state index in [1.165, 1.54) is 73.5 Å². The summed E-state index contributed by atoms with van der Waals surface area (Å²) in [5, 5.41) is 9.99. The fraction of sp³-hybridized carbons (Fsp3) is 0.121. The summed E-state index contributed by atoms with van der Waals surface area (Å²) >= 11 is 0. The van der Waals surface area contributed by atoms with Gasteiger partial charge in [-0.3, -0.25) is 9.13 Å². The Morgan fingerprint density at radius 3 is 1.38 bits per heavy atom. The second kappa shape index (κ2) is 14.9.